The number of hydrogen-bond acceptors (Lipinski definition) is 6. The van der Waals surface area contributed by atoms with Crippen molar-refractivity contribution in [3.8, 4) is 0 Å². The molecule has 2 aliphatic carbocycles. The highest BCUT2D eigenvalue weighted by molar-refractivity contribution is 6.36. The Morgan fingerprint density at radius 1 is 0.609 bits per heavy atom. The van der Waals surface area contributed by atoms with Gasteiger partial charge >= 0.3 is 0 Å². The van der Waals surface area contributed by atoms with Gasteiger partial charge in [0, 0.05) is 46.5 Å². The minimum Gasteiger partial charge on any atom is -0.366 e. The molecular weight excluding hydrogens is 580 g/mol. The van der Waals surface area contributed by atoms with Crippen molar-refractivity contribution in [3.63, 3.8) is 0 Å². The third-order valence-electron chi connectivity index (χ3n) is 8.14. The van der Waals surface area contributed by atoms with Gasteiger partial charge in [-0.1, -0.05) is 83.9 Å². The molecule has 4 aromatic rings. The van der Waals surface area contributed by atoms with Crippen molar-refractivity contribution in [2.45, 2.75) is 26.9 Å². The average molecular weight is 609 g/mol. The fraction of sp³-hybridized carbons (Fsp3) is 0.105. The van der Waals surface area contributed by atoms with Gasteiger partial charge in [0.1, 0.15) is 0 Å². The number of rotatable bonds is 7. The second kappa shape index (κ2) is 11.8. The number of hydrogen-bond donors (Lipinski definition) is 1. The van der Waals surface area contributed by atoms with Crippen LogP contribution in [0.1, 0.15) is 84.4 Å². The van der Waals surface area contributed by atoms with Crippen molar-refractivity contribution in [1.29, 1.82) is 0 Å². The maximum Gasteiger partial charge on any atom is 0.255 e. The van der Waals surface area contributed by atoms with Crippen molar-refractivity contribution in [2.75, 3.05) is 0 Å². The number of amides is 2. The highest BCUT2D eigenvalue weighted by atomic mass is 16.2. The molecule has 0 saturated heterocycles. The topological polar surface area (TPSA) is 132 Å². The molecule has 46 heavy (non-hydrogen) atoms. The second-order valence-corrected chi connectivity index (χ2v) is 11.5. The predicted molar refractivity (Wildman–Crippen MR) is 171 cm³/mol. The SMILES string of the molecule is Cc1cccc(CN(Cc2cccc(C)c2)C(=O)c2cccc3c2C(=O)C=C(C2=CC(=O)c4c(C(N)=O)cccc4C2=O)C3=O)c1. The van der Waals surface area contributed by atoms with Gasteiger partial charge in [-0.05, 0) is 49.3 Å². The van der Waals surface area contributed by atoms with E-state index in [0.717, 1.165) is 34.4 Å². The predicted octanol–water partition coefficient (Wildman–Crippen LogP) is 5.56. The Bertz CT molecular complexity index is 2050. The molecule has 0 unspecified atom stereocenters. The summed E-state index contributed by atoms with van der Waals surface area (Å²) >= 11 is 0. The lowest BCUT2D eigenvalue weighted by molar-refractivity contribution is 0.0725. The van der Waals surface area contributed by atoms with Crippen molar-refractivity contribution in [3.05, 3.63) is 164 Å². The van der Waals surface area contributed by atoms with Crippen LogP contribution in [0.3, 0.4) is 0 Å². The second-order valence-electron chi connectivity index (χ2n) is 11.5. The molecule has 2 amide bonds. The van der Waals surface area contributed by atoms with E-state index >= 15 is 0 Å². The van der Waals surface area contributed by atoms with Crippen molar-refractivity contribution in [2.24, 2.45) is 5.73 Å². The summed E-state index contributed by atoms with van der Waals surface area (Å²) in [5, 5.41) is 0. The number of nitrogens with two attached hydrogens (primary N) is 1. The normalized spacial score (nSPS) is 13.9. The van der Waals surface area contributed by atoms with E-state index in [1.54, 1.807) is 4.90 Å². The molecule has 0 spiro atoms. The number of allylic oxidation sites excluding steroid dienone is 4. The Balaban J connectivity index is 1.38. The molecule has 8 heteroatoms. The van der Waals surface area contributed by atoms with Crippen molar-refractivity contribution in [1.82, 2.24) is 4.90 Å². The molecule has 0 saturated carbocycles. The maximum atomic E-state index is 14.2. The van der Waals surface area contributed by atoms with Crippen LogP contribution in [-0.4, -0.2) is 39.8 Å². The number of Topliss-reactive ketones (excluding diaryl/α,β-unsaturated/α-hetero) is 2. The number of aryl methyl sites for hydroxylation is 2. The summed E-state index contributed by atoms with van der Waals surface area (Å²) in [5.41, 5.74) is 8.38. The zero-order valence-corrected chi connectivity index (χ0v) is 25.1. The number of primary amides is 1. The lowest BCUT2D eigenvalue weighted by Gasteiger charge is -2.26. The van der Waals surface area contributed by atoms with E-state index < -0.39 is 34.9 Å². The van der Waals surface area contributed by atoms with Crippen LogP contribution >= 0.6 is 0 Å². The first-order valence-electron chi connectivity index (χ1n) is 14.6. The van der Waals surface area contributed by atoms with Crippen LogP contribution in [-0.2, 0) is 13.1 Å². The van der Waals surface area contributed by atoms with E-state index in [4.69, 9.17) is 5.73 Å². The maximum absolute atomic E-state index is 14.2. The standard InChI is InChI=1S/C38H28N2O6/c1-21-7-3-9-23(15-21)19-40(20-24-10-4-8-22(2)16-24)38(46)28-14-6-12-26-34(28)32(42)18-30(36(26)44)29-17-31(41)33-25(35(29)43)11-5-13-27(33)37(39)45/h3-18H,19-20H2,1-2H3,(H2,39,45). The molecule has 0 aromatic heterocycles. The van der Waals surface area contributed by atoms with Crippen LogP contribution in [0.4, 0.5) is 0 Å². The number of ketones is 4. The van der Waals surface area contributed by atoms with Crippen LogP contribution < -0.4 is 5.73 Å². The third kappa shape index (κ3) is 5.41. The third-order valence-corrected chi connectivity index (χ3v) is 8.14. The molecular formula is C38H28N2O6. The van der Waals surface area contributed by atoms with Gasteiger partial charge in [0.15, 0.2) is 23.1 Å². The first-order valence-corrected chi connectivity index (χ1v) is 14.6. The zero-order valence-electron chi connectivity index (χ0n) is 25.1. The van der Waals surface area contributed by atoms with E-state index in [1.807, 2.05) is 62.4 Å². The van der Waals surface area contributed by atoms with Gasteiger partial charge < -0.3 is 10.6 Å². The number of benzene rings is 4. The van der Waals surface area contributed by atoms with Gasteiger partial charge in [0.2, 0.25) is 5.91 Å². The smallest absolute Gasteiger partial charge is 0.255 e. The first-order chi connectivity index (χ1) is 22.0. The minimum absolute atomic E-state index is 0.0442. The summed E-state index contributed by atoms with van der Waals surface area (Å²) < 4.78 is 0. The molecule has 0 aliphatic heterocycles. The summed E-state index contributed by atoms with van der Waals surface area (Å²) in [5.74, 6) is -3.99. The van der Waals surface area contributed by atoms with Crippen LogP contribution in [0.25, 0.3) is 0 Å². The summed E-state index contributed by atoms with van der Waals surface area (Å²) in [6.07, 6.45) is 1.96. The van der Waals surface area contributed by atoms with E-state index in [2.05, 4.69) is 0 Å². The minimum atomic E-state index is -0.872. The molecule has 0 bridgehead atoms. The summed E-state index contributed by atoms with van der Waals surface area (Å²) in [7, 11) is 0. The van der Waals surface area contributed by atoms with Gasteiger partial charge in [-0.25, -0.2) is 0 Å². The molecule has 0 fully saturated rings. The Morgan fingerprint density at radius 2 is 1.04 bits per heavy atom. The van der Waals surface area contributed by atoms with Crippen LogP contribution in [0.5, 0.6) is 0 Å². The van der Waals surface area contributed by atoms with Gasteiger partial charge in [-0.2, -0.15) is 0 Å². The van der Waals surface area contributed by atoms with E-state index in [-0.39, 0.29) is 57.6 Å². The van der Waals surface area contributed by atoms with Crippen LogP contribution in [0, 0.1) is 13.8 Å². The van der Waals surface area contributed by atoms with Crippen molar-refractivity contribution < 1.29 is 28.8 Å². The number of nitrogens with zero attached hydrogens (tertiary/aromatic N) is 1. The molecule has 2 aliphatic rings. The fourth-order valence-electron chi connectivity index (χ4n) is 6.06. The summed E-state index contributed by atoms with van der Waals surface area (Å²) in [4.78, 5) is 82.0. The van der Waals surface area contributed by atoms with E-state index in [9.17, 15) is 28.8 Å². The summed E-state index contributed by atoms with van der Waals surface area (Å²) in [6, 6.07) is 24.2. The number of fused-ring (bicyclic) bond motifs is 2. The molecule has 0 heterocycles. The molecule has 0 radical (unpaired) electrons. The Labute approximate surface area is 264 Å². The molecule has 2 N–H and O–H groups in total. The fourth-order valence-corrected chi connectivity index (χ4v) is 6.06. The average Bonchev–Trinajstić information content (AvgIpc) is 3.03. The quantitative estimate of drug-likeness (QED) is 0.292. The number of carbonyl (C=O) groups is 6. The molecule has 226 valence electrons. The first kappa shape index (κ1) is 30.0. The Kier molecular flexibility index (Phi) is 7.71. The van der Waals surface area contributed by atoms with Crippen LogP contribution in [0.2, 0.25) is 0 Å². The van der Waals surface area contributed by atoms with Gasteiger partial charge in [-0.3, -0.25) is 28.8 Å². The van der Waals surface area contributed by atoms with Crippen LogP contribution in [0.15, 0.2) is 108 Å². The molecule has 4 aromatic carbocycles. The number of carbonyl (C=O) groups excluding carboxylic acids is 6. The monoisotopic (exact) mass is 608 g/mol. The van der Waals surface area contributed by atoms with Gasteiger partial charge in [0.25, 0.3) is 5.91 Å². The highest BCUT2D eigenvalue weighted by Gasteiger charge is 2.37. The zero-order chi connectivity index (χ0) is 32.7. The highest BCUT2D eigenvalue weighted by Crippen LogP contribution is 2.34. The van der Waals surface area contributed by atoms with Gasteiger partial charge in [-0.15, -0.1) is 0 Å². The Morgan fingerprint density at radius 3 is 1.50 bits per heavy atom. The van der Waals surface area contributed by atoms with E-state index in [0.29, 0.717) is 0 Å². The lowest BCUT2D eigenvalue weighted by atomic mass is 9.78. The summed E-state index contributed by atoms with van der Waals surface area (Å²) in [6.45, 7) is 4.45. The Hall–Kier alpha value is -6.02. The van der Waals surface area contributed by atoms with Gasteiger partial charge in [0.05, 0.1) is 11.1 Å². The largest absolute Gasteiger partial charge is 0.366 e. The molecule has 0 atom stereocenters. The van der Waals surface area contributed by atoms with E-state index in [1.165, 1.54) is 36.4 Å². The van der Waals surface area contributed by atoms with Crippen molar-refractivity contribution >= 4 is 34.9 Å². The molecule has 6 rings (SSSR count). The lowest BCUT2D eigenvalue weighted by Crippen LogP contribution is -2.33. The molecule has 8 nitrogen and oxygen atoms in total.